The molecule has 1 aromatic heterocycles. The van der Waals surface area contributed by atoms with Crippen LogP contribution in [0.25, 0.3) is 11.0 Å². The van der Waals surface area contributed by atoms with E-state index in [9.17, 15) is 13.2 Å². The Morgan fingerprint density at radius 1 is 1.18 bits per heavy atom. The topological polar surface area (TPSA) is 90.4 Å². The zero-order valence-corrected chi connectivity index (χ0v) is 17.3. The summed E-state index contributed by atoms with van der Waals surface area (Å²) in [6.07, 6.45) is 1.14. The zero-order chi connectivity index (χ0) is 20.5. The first kappa shape index (κ1) is 20.3. The number of methoxy groups -OCH3 is 1. The fourth-order valence-corrected chi connectivity index (χ4v) is 4.28. The van der Waals surface area contributed by atoms with Gasteiger partial charge in [-0.2, -0.15) is 0 Å². The Morgan fingerprint density at radius 3 is 2.57 bits per heavy atom. The third-order valence-electron chi connectivity index (χ3n) is 4.32. The lowest BCUT2D eigenvalue weighted by Gasteiger charge is -2.20. The lowest BCUT2D eigenvalue weighted by molar-refractivity contribution is 0.310. The minimum atomic E-state index is -3.40. The van der Waals surface area contributed by atoms with Crippen molar-refractivity contribution in [3.63, 3.8) is 0 Å². The maximum absolute atomic E-state index is 12.7. The van der Waals surface area contributed by atoms with Gasteiger partial charge < -0.3 is 14.5 Å². The average molecular weight is 425 g/mol. The Kier molecular flexibility index (Phi) is 5.71. The molecule has 0 aliphatic heterocycles. The lowest BCUT2D eigenvalue weighted by Crippen LogP contribution is -2.28. The summed E-state index contributed by atoms with van der Waals surface area (Å²) in [5.41, 5.74) is 1.30. The number of aromatic nitrogens is 2. The minimum absolute atomic E-state index is 0.250. The van der Waals surface area contributed by atoms with Crippen LogP contribution in [-0.4, -0.2) is 43.7 Å². The van der Waals surface area contributed by atoms with Crippen molar-refractivity contribution in [2.45, 2.75) is 13.0 Å². The molecule has 0 bridgehead atoms. The number of hydrogen-bond donors (Lipinski definition) is 1. The molecule has 3 aromatic rings. The summed E-state index contributed by atoms with van der Waals surface area (Å²) in [6, 6.07) is 9.38. The molecule has 28 heavy (non-hydrogen) atoms. The van der Waals surface area contributed by atoms with Crippen molar-refractivity contribution < 1.29 is 17.9 Å². The van der Waals surface area contributed by atoms with Gasteiger partial charge in [-0.15, -0.1) is 0 Å². The fraction of sp³-hybridized carbons (Fsp3) is 0.316. The highest BCUT2D eigenvalue weighted by atomic mass is 35.5. The van der Waals surface area contributed by atoms with E-state index < -0.39 is 21.6 Å². The molecule has 0 amide bonds. The number of nitrogens with zero attached hydrogens (tertiary/aromatic N) is 1. The summed E-state index contributed by atoms with van der Waals surface area (Å²) in [5, 5.41) is 0.476. The number of nitrogens with one attached hydrogen (secondary N) is 1. The maximum atomic E-state index is 12.7. The van der Waals surface area contributed by atoms with Crippen LogP contribution in [-0.2, 0) is 9.84 Å². The predicted molar refractivity (Wildman–Crippen MR) is 110 cm³/mol. The predicted octanol–water partition coefficient (Wildman–Crippen LogP) is 3.02. The first-order chi connectivity index (χ1) is 13.2. The summed E-state index contributed by atoms with van der Waals surface area (Å²) >= 11 is 6.01. The van der Waals surface area contributed by atoms with Crippen LogP contribution >= 0.6 is 11.6 Å². The minimum Gasteiger partial charge on any atom is -0.493 e. The third kappa shape index (κ3) is 4.18. The summed E-state index contributed by atoms with van der Waals surface area (Å²) in [6.45, 7) is 2.26. The molecule has 1 N–H and O–H groups in total. The SMILES string of the molecule is CCOc1cc([C@H](CS(C)(=O)=O)n2c(=O)[nH]c3cc(Cl)ccc32)ccc1OC. The van der Waals surface area contributed by atoms with Crippen LogP contribution in [0.3, 0.4) is 0 Å². The molecular formula is C19H21ClN2O5S. The van der Waals surface area contributed by atoms with E-state index >= 15 is 0 Å². The van der Waals surface area contributed by atoms with Crippen molar-refractivity contribution in [2.75, 3.05) is 25.7 Å². The molecule has 0 saturated heterocycles. The van der Waals surface area contributed by atoms with E-state index in [-0.39, 0.29) is 5.75 Å². The van der Waals surface area contributed by atoms with Gasteiger partial charge in [-0.05, 0) is 42.8 Å². The van der Waals surface area contributed by atoms with Crippen molar-refractivity contribution in [3.8, 4) is 11.5 Å². The summed E-state index contributed by atoms with van der Waals surface area (Å²) < 4.78 is 36.6. The molecule has 1 atom stereocenters. The van der Waals surface area contributed by atoms with Crippen molar-refractivity contribution in [3.05, 3.63) is 57.5 Å². The second-order valence-electron chi connectivity index (χ2n) is 6.41. The van der Waals surface area contributed by atoms with Gasteiger partial charge in [0, 0.05) is 11.3 Å². The quantitative estimate of drug-likeness (QED) is 0.629. The van der Waals surface area contributed by atoms with Gasteiger partial charge in [-0.1, -0.05) is 17.7 Å². The smallest absolute Gasteiger partial charge is 0.327 e. The fourth-order valence-electron chi connectivity index (χ4n) is 3.19. The van der Waals surface area contributed by atoms with Crippen LogP contribution in [0.15, 0.2) is 41.2 Å². The molecule has 0 aliphatic rings. The Labute approximate surface area is 167 Å². The molecule has 0 radical (unpaired) electrons. The molecule has 9 heteroatoms. The van der Waals surface area contributed by atoms with Crippen LogP contribution in [0.4, 0.5) is 0 Å². The lowest BCUT2D eigenvalue weighted by atomic mass is 10.1. The molecule has 0 aliphatic carbocycles. The number of sulfone groups is 1. The molecular weight excluding hydrogens is 404 g/mol. The van der Waals surface area contributed by atoms with Crippen LogP contribution < -0.4 is 15.2 Å². The molecule has 150 valence electrons. The number of halogens is 1. The van der Waals surface area contributed by atoms with Crippen molar-refractivity contribution in [2.24, 2.45) is 0 Å². The van der Waals surface area contributed by atoms with Crippen LogP contribution in [0.1, 0.15) is 18.5 Å². The first-order valence-electron chi connectivity index (χ1n) is 8.61. The standard InChI is InChI=1S/C19H21ClN2O5S/c1-4-27-18-9-12(5-8-17(18)26-2)16(11-28(3,24)25)22-15-7-6-13(20)10-14(15)21-19(22)23/h5-10,16H,4,11H2,1-3H3,(H,21,23)/t16-/m0/s1. The highest BCUT2D eigenvalue weighted by molar-refractivity contribution is 7.90. The highest BCUT2D eigenvalue weighted by Gasteiger charge is 2.25. The van der Waals surface area contributed by atoms with Gasteiger partial charge >= 0.3 is 5.69 Å². The van der Waals surface area contributed by atoms with E-state index in [0.717, 1.165) is 6.26 Å². The van der Waals surface area contributed by atoms with Crippen molar-refractivity contribution in [1.29, 1.82) is 0 Å². The maximum Gasteiger partial charge on any atom is 0.327 e. The number of hydrogen-bond acceptors (Lipinski definition) is 5. The number of aromatic amines is 1. The Balaban J connectivity index is 2.23. The molecule has 0 saturated carbocycles. The summed E-state index contributed by atoms with van der Waals surface area (Å²) in [4.78, 5) is 15.4. The van der Waals surface area contributed by atoms with Gasteiger partial charge in [-0.3, -0.25) is 4.57 Å². The van der Waals surface area contributed by atoms with Crippen molar-refractivity contribution in [1.82, 2.24) is 9.55 Å². The Morgan fingerprint density at radius 2 is 1.93 bits per heavy atom. The second kappa shape index (κ2) is 7.89. The molecule has 2 aromatic carbocycles. The summed E-state index contributed by atoms with van der Waals surface area (Å²) in [7, 11) is -1.88. The van der Waals surface area contributed by atoms with Gasteiger partial charge in [0.05, 0.1) is 36.5 Å². The van der Waals surface area contributed by atoms with Gasteiger partial charge in [0.1, 0.15) is 9.84 Å². The number of H-pyrrole nitrogens is 1. The Bertz CT molecular complexity index is 1170. The first-order valence-corrected chi connectivity index (χ1v) is 11.1. The average Bonchev–Trinajstić information content (AvgIpc) is 2.94. The summed E-state index contributed by atoms with van der Waals surface area (Å²) in [5.74, 6) is 0.763. The molecule has 0 unspecified atom stereocenters. The van der Waals surface area contributed by atoms with Crippen LogP contribution in [0.2, 0.25) is 5.02 Å². The van der Waals surface area contributed by atoms with Gasteiger partial charge in [0.2, 0.25) is 0 Å². The molecule has 0 spiro atoms. The zero-order valence-electron chi connectivity index (χ0n) is 15.7. The van der Waals surface area contributed by atoms with Crippen LogP contribution in [0, 0.1) is 0 Å². The van der Waals surface area contributed by atoms with E-state index in [2.05, 4.69) is 4.98 Å². The van der Waals surface area contributed by atoms with E-state index in [1.165, 1.54) is 11.7 Å². The molecule has 7 nitrogen and oxygen atoms in total. The van der Waals surface area contributed by atoms with E-state index in [0.29, 0.717) is 39.7 Å². The Hall–Kier alpha value is -2.45. The number of fused-ring (bicyclic) bond motifs is 1. The van der Waals surface area contributed by atoms with E-state index in [1.807, 2.05) is 6.92 Å². The third-order valence-corrected chi connectivity index (χ3v) is 5.48. The van der Waals surface area contributed by atoms with Gasteiger partial charge in [-0.25, -0.2) is 13.2 Å². The number of benzene rings is 2. The largest absolute Gasteiger partial charge is 0.493 e. The second-order valence-corrected chi connectivity index (χ2v) is 9.03. The highest BCUT2D eigenvalue weighted by Crippen LogP contribution is 2.33. The monoisotopic (exact) mass is 424 g/mol. The van der Waals surface area contributed by atoms with Crippen LogP contribution in [0.5, 0.6) is 11.5 Å². The van der Waals surface area contributed by atoms with Gasteiger partial charge in [0.15, 0.2) is 11.5 Å². The van der Waals surface area contributed by atoms with E-state index in [1.54, 1.807) is 36.4 Å². The number of ether oxygens (including phenoxy) is 2. The molecule has 1 heterocycles. The van der Waals surface area contributed by atoms with Crippen molar-refractivity contribution >= 4 is 32.5 Å². The molecule has 0 fully saturated rings. The van der Waals surface area contributed by atoms with Gasteiger partial charge in [0.25, 0.3) is 0 Å². The van der Waals surface area contributed by atoms with E-state index in [4.69, 9.17) is 21.1 Å². The number of imidazole rings is 1. The molecule has 3 rings (SSSR count). The number of rotatable bonds is 7. The normalized spacial score (nSPS) is 12.9.